The zero-order chi connectivity index (χ0) is 36.9. The van der Waals surface area contributed by atoms with Crippen molar-refractivity contribution in [2.24, 2.45) is 0 Å². The molecule has 0 fully saturated rings. The topological polar surface area (TPSA) is 190 Å². The normalized spacial score (nSPS) is 9.64. The van der Waals surface area contributed by atoms with E-state index in [1.54, 1.807) is 0 Å². The quantitative estimate of drug-likeness (QED) is 0.228. The standard InChI is InChI=1S/C36H8F6N8/c37-31-25(27(21(9-43)10-44)33(39)35(41)29(31)23(13-47)14-48)19-5-1-17(2-6-19)18-3-7-20(8-4-18)26-28(22(11-45)12-46)34(40)36(42)30(32(26)38)24(15-49)16-50/h1-8H. The average Bonchev–Trinajstić information content (AvgIpc) is 3.14. The Morgan fingerprint density at radius 2 is 0.500 bits per heavy atom. The highest BCUT2D eigenvalue weighted by Crippen LogP contribution is 2.28. The molecule has 0 saturated carbocycles. The third-order valence-electron chi connectivity index (χ3n) is 7.22. The minimum absolute atomic E-state index is 0.213. The fourth-order valence-electron chi connectivity index (χ4n) is 4.98. The van der Waals surface area contributed by atoms with Crippen LogP contribution in [0.3, 0.4) is 0 Å². The van der Waals surface area contributed by atoms with Gasteiger partial charge in [-0.15, -0.1) is 0 Å². The van der Waals surface area contributed by atoms with Crippen molar-refractivity contribution in [1.82, 2.24) is 0 Å². The Morgan fingerprint density at radius 1 is 0.300 bits per heavy atom. The minimum atomic E-state index is -1.96. The highest BCUT2D eigenvalue weighted by molar-refractivity contribution is 5.84. The number of hydrogen-bond donors (Lipinski definition) is 0. The summed E-state index contributed by atoms with van der Waals surface area (Å²) in [5.74, 6) is -10.8. The van der Waals surface area contributed by atoms with Gasteiger partial charge in [0.15, 0.2) is 23.3 Å². The molecule has 0 atom stereocenters. The molecule has 0 spiro atoms. The van der Waals surface area contributed by atoms with E-state index in [-0.39, 0.29) is 11.1 Å². The lowest BCUT2D eigenvalue weighted by Crippen LogP contribution is -2.29. The molecule has 8 nitrogen and oxygen atoms in total. The van der Waals surface area contributed by atoms with Crippen LogP contribution in [0.2, 0.25) is 0 Å². The first-order chi connectivity index (χ1) is 24.0. The Balaban J connectivity index is 1.99. The van der Waals surface area contributed by atoms with E-state index in [9.17, 15) is 50.9 Å². The summed E-state index contributed by atoms with van der Waals surface area (Å²) in [6.45, 7) is 0. The molecule has 0 radical (unpaired) electrons. The van der Waals surface area contributed by atoms with Crippen LogP contribution in [0.15, 0.2) is 48.5 Å². The molecule has 0 aliphatic rings. The van der Waals surface area contributed by atoms with Gasteiger partial charge in [0.2, 0.25) is 0 Å². The number of hydrogen-bond acceptors (Lipinski definition) is 8. The van der Waals surface area contributed by atoms with Crippen LogP contribution in [0, 0.1) is 126 Å². The van der Waals surface area contributed by atoms with E-state index >= 15 is 17.6 Å². The van der Waals surface area contributed by atoms with E-state index < -0.39 is 89.2 Å². The lowest BCUT2D eigenvalue weighted by molar-refractivity contribution is 0.481. The average molecular weight is 667 g/mol. The Hall–Kier alpha value is -8.14. The molecule has 0 N–H and O–H groups in total. The van der Waals surface area contributed by atoms with Crippen LogP contribution in [0.5, 0.6) is 0 Å². The van der Waals surface area contributed by atoms with E-state index in [0.717, 1.165) is 0 Å². The molecule has 14 heteroatoms. The number of halogens is 6. The van der Waals surface area contributed by atoms with Gasteiger partial charge in [-0.25, -0.2) is 26.3 Å². The fraction of sp³-hybridized carbons (Fsp3) is 0. The Morgan fingerprint density at radius 3 is 0.740 bits per heavy atom. The van der Waals surface area contributed by atoms with Crippen molar-refractivity contribution in [3.63, 3.8) is 0 Å². The van der Waals surface area contributed by atoms with Crippen LogP contribution in [-0.4, -0.2) is 0 Å². The van der Waals surface area contributed by atoms with Gasteiger partial charge in [0.25, 0.3) is 0 Å². The molecular formula is C36H8F6N8. The predicted octanol–water partition coefficient (Wildman–Crippen LogP) is 4.31. The molecule has 4 rings (SSSR count). The third kappa shape index (κ3) is 5.58. The van der Waals surface area contributed by atoms with Crippen molar-refractivity contribution in [2.75, 3.05) is 0 Å². The molecular weight excluding hydrogens is 658 g/mol. The summed E-state index contributed by atoms with van der Waals surface area (Å²) in [4.78, 5) is 0. The van der Waals surface area contributed by atoms with Gasteiger partial charge in [-0.2, -0.15) is 42.1 Å². The van der Waals surface area contributed by atoms with E-state index in [1.807, 2.05) is 0 Å². The summed E-state index contributed by atoms with van der Waals surface area (Å²) >= 11 is 0. The zero-order valence-corrected chi connectivity index (χ0v) is 24.5. The second kappa shape index (κ2) is 14.1. The number of nitriles is 8. The highest BCUT2D eigenvalue weighted by Gasteiger charge is 2.25. The second-order valence-electron chi connectivity index (χ2n) is 9.68. The lowest BCUT2D eigenvalue weighted by atomic mass is 9.93. The maximum absolute atomic E-state index is 15.8. The summed E-state index contributed by atoms with van der Waals surface area (Å²) in [6.07, 6.45) is 0. The third-order valence-corrected chi connectivity index (χ3v) is 7.22. The van der Waals surface area contributed by atoms with Crippen LogP contribution in [0.4, 0.5) is 26.3 Å². The van der Waals surface area contributed by atoms with Gasteiger partial charge in [-0.1, -0.05) is 48.5 Å². The highest BCUT2D eigenvalue weighted by atomic mass is 19.2. The van der Waals surface area contributed by atoms with Crippen LogP contribution < -0.4 is 20.9 Å². The first-order valence-electron chi connectivity index (χ1n) is 13.3. The van der Waals surface area contributed by atoms with Crippen molar-refractivity contribution < 1.29 is 26.3 Å². The molecule has 0 aliphatic carbocycles. The van der Waals surface area contributed by atoms with Crippen molar-refractivity contribution >= 4 is 22.3 Å². The van der Waals surface area contributed by atoms with Crippen molar-refractivity contribution in [1.29, 1.82) is 42.1 Å². The van der Waals surface area contributed by atoms with Crippen molar-refractivity contribution in [3.8, 4) is 81.9 Å². The SMILES string of the molecule is N#CC(C#N)=c1c(F)c(F)c(=C(C#N)C#N)c(-c2ccc(-c3ccc(-c4c(F)c(=C(C#N)C#N)c(F)c(F)c4=C(C#N)C#N)cc3)cc2)c1F. The van der Waals surface area contributed by atoms with Gasteiger partial charge < -0.3 is 0 Å². The predicted molar refractivity (Wildman–Crippen MR) is 160 cm³/mol. The van der Waals surface area contributed by atoms with E-state index in [2.05, 4.69) is 0 Å². The van der Waals surface area contributed by atoms with Gasteiger partial charge in [0, 0.05) is 11.1 Å². The van der Waals surface area contributed by atoms with Crippen molar-refractivity contribution in [3.05, 3.63) is 104 Å². The van der Waals surface area contributed by atoms with Gasteiger partial charge in [-0.3, -0.25) is 0 Å². The molecule has 4 aromatic rings. The minimum Gasteiger partial charge on any atom is -0.205 e. The smallest absolute Gasteiger partial charge is 0.171 e. The summed E-state index contributed by atoms with van der Waals surface area (Å²) in [6, 6.07) is 20.5. The van der Waals surface area contributed by atoms with Gasteiger partial charge >= 0.3 is 0 Å². The Bertz CT molecular complexity index is 2530. The molecule has 0 unspecified atom stereocenters. The Kier molecular flexibility index (Phi) is 9.79. The largest absolute Gasteiger partial charge is 0.205 e. The maximum Gasteiger partial charge on any atom is 0.171 e. The van der Waals surface area contributed by atoms with Gasteiger partial charge in [-0.05, 0) is 22.3 Å². The van der Waals surface area contributed by atoms with Crippen LogP contribution in [0.1, 0.15) is 0 Å². The first kappa shape index (κ1) is 34.7. The lowest BCUT2D eigenvalue weighted by Gasteiger charge is -2.11. The molecule has 234 valence electrons. The first-order valence-corrected chi connectivity index (χ1v) is 13.3. The van der Waals surface area contributed by atoms with E-state index in [0.29, 0.717) is 11.1 Å². The van der Waals surface area contributed by atoms with Crippen LogP contribution in [-0.2, 0) is 0 Å². The number of rotatable bonds is 3. The molecule has 50 heavy (non-hydrogen) atoms. The summed E-state index contributed by atoms with van der Waals surface area (Å²) in [7, 11) is 0. The molecule has 0 aromatic heterocycles. The van der Waals surface area contributed by atoms with E-state index in [1.165, 1.54) is 97.1 Å². The summed E-state index contributed by atoms with van der Waals surface area (Å²) < 4.78 is 91.8. The maximum atomic E-state index is 15.8. The summed E-state index contributed by atoms with van der Waals surface area (Å²) in [5, 5.41) is 69.5. The zero-order valence-electron chi connectivity index (χ0n) is 24.5. The molecule has 0 saturated heterocycles. The van der Waals surface area contributed by atoms with Crippen molar-refractivity contribution in [2.45, 2.75) is 0 Å². The Labute approximate surface area is 276 Å². The second-order valence-corrected chi connectivity index (χ2v) is 9.68. The molecule has 4 aromatic carbocycles. The van der Waals surface area contributed by atoms with E-state index in [4.69, 9.17) is 0 Å². The molecule has 0 bridgehead atoms. The van der Waals surface area contributed by atoms with Crippen LogP contribution >= 0.6 is 0 Å². The summed E-state index contributed by atoms with van der Waals surface area (Å²) in [5.41, 5.74) is -5.62. The number of nitrogens with zero attached hydrogens (tertiary/aromatic N) is 8. The fourth-order valence-corrected chi connectivity index (χ4v) is 4.98. The monoisotopic (exact) mass is 666 g/mol. The van der Waals surface area contributed by atoms with Gasteiger partial charge in [0.1, 0.15) is 82.5 Å². The molecule has 0 aliphatic heterocycles. The number of benzene rings is 4. The van der Waals surface area contributed by atoms with Gasteiger partial charge in [0.05, 0.1) is 20.9 Å². The molecule has 0 amide bonds. The molecule has 0 heterocycles. The van der Waals surface area contributed by atoms with Crippen LogP contribution in [0.25, 0.3) is 55.7 Å².